The van der Waals surface area contributed by atoms with Gasteiger partial charge in [-0.2, -0.15) is 0 Å². The lowest BCUT2D eigenvalue weighted by molar-refractivity contribution is -0.121. The van der Waals surface area contributed by atoms with Crippen LogP contribution in [-0.2, 0) is 11.2 Å². The number of carbonyl (C=O) groups is 1. The van der Waals surface area contributed by atoms with Crippen molar-refractivity contribution in [3.8, 4) is 0 Å². The first kappa shape index (κ1) is 16.5. The lowest BCUT2D eigenvalue weighted by atomic mass is 10.0. The van der Waals surface area contributed by atoms with E-state index in [1.165, 1.54) is 12.8 Å². The van der Waals surface area contributed by atoms with Crippen molar-refractivity contribution in [2.24, 2.45) is 5.92 Å². The number of nitrogens with one attached hydrogen (secondary N) is 2. The van der Waals surface area contributed by atoms with E-state index in [1.54, 1.807) is 0 Å². The molecule has 120 valence electrons. The Balaban J connectivity index is 1.73. The number of rotatable bonds is 8. The number of hydrogen-bond acceptors (Lipinski definition) is 2. The van der Waals surface area contributed by atoms with E-state index >= 15 is 0 Å². The van der Waals surface area contributed by atoms with Crippen LogP contribution in [0.15, 0.2) is 24.3 Å². The third kappa shape index (κ3) is 5.17. The Kier molecular flexibility index (Phi) is 5.99. The molecule has 2 N–H and O–H groups in total. The molecule has 0 aliphatic carbocycles. The first-order chi connectivity index (χ1) is 10.5. The highest BCUT2D eigenvalue weighted by atomic mass is 16.1. The van der Waals surface area contributed by atoms with Gasteiger partial charge < -0.3 is 10.3 Å². The van der Waals surface area contributed by atoms with Crippen LogP contribution in [0.1, 0.15) is 52.3 Å². The third-order valence-corrected chi connectivity index (χ3v) is 3.85. The van der Waals surface area contributed by atoms with Crippen molar-refractivity contribution >= 4 is 16.9 Å². The van der Waals surface area contributed by atoms with Crippen molar-refractivity contribution in [1.82, 2.24) is 15.3 Å². The Labute approximate surface area is 132 Å². The normalized spacial score (nSPS) is 12.7. The number of aromatic amines is 1. The van der Waals surface area contributed by atoms with Crippen LogP contribution in [0.2, 0.25) is 0 Å². The largest absolute Gasteiger partial charge is 0.354 e. The minimum absolute atomic E-state index is 0.109. The zero-order valence-corrected chi connectivity index (χ0v) is 13.9. The summed E-state index contributed by atoms with van der Waals surface area (Å²) in [6.07, 6.45) is 4.57. The molecule has 4 heteroatoms. The molecule has 1 amide bonds. The molecule has 0 fully saturated rings. The van der Waals surface area contributed by atoms with E-state index in [2.05, 4.69) is 36.1 Å². The number of aryl methyl sites for hydroxylation is 1. The number of amides is 1. The van der Waals surface area contributed by atoms with Gasteiger partial charge in [-0.15, -0.1) is 0 Å². The number of fused-ring (bicyclic) bond motifs is 1. The van der Waals surface area contributed by atoms with Gasteiger partial charge in [-0.1, -0.05) is 38.8 Å². The van der Waals surface area contributed by atoms with Crippen LogP contribution in [0.5, 0.6) is 0 Å². The van der Waals surface area contributed by atoms with Gasteiger partial charge in [0.25, 0.3) is 0 Å². The Morgan fingerprint density at radius 1 is 1.23 bits per heavy atom. The molecule has 1 aromatic heterocycles. The maximum atomic E-state index is 12.0. The minimum Gasteiger partial charge on any atom is -0.354 e. The van der Waals surface area contributed by atoms with E-state index < -0.39 is 0 Å². The summed E-state index contributed by atoms with van der Waals surface area (Å²) < 4.78 is 0. The second-order valence-corrected chi connectivity index (χ2v) is 6.49. The summed E-state index contributed by atoms with van der Waals surface area (Å²) in [7, 11) is 0. The van der Waals surface area contributed by atoms with Gasteiger partial charge in [0.1, 0.15) is 5.82 Å². The van der Waals surface area contributed by atoms with E-state index in [-0.39, 0.29) is 11.9 Å². The quantitative estimate of drug-likeness (QED) is 0.778. The number of benzene rings is 1. The molecule has 0 saturated heterocycles. The van der Waals surface area contributed by atoms with Crippen molar-refractivity contribution in [3.05, 3.63) is 30.1 Å². The fraction of sp³-hybridized carbons (Fsp3) is 0.556. The number of aromatic nitrogens is 2. The summed E-state index contributed by atoms with van der Waals surface area (Å²) in [5.41, 5.74) is 1.99. The lowest BCUT2D eigenvalue weighted by Gasteiger charge is -2.14. The summed E-state index contributed by atoms with van der Waals surface area (Å²) in [4.78, 5) is 19.7. The minimum atomic E-state index is 0.109. The van der Waals surface area contributed by atoms with Gasteiger partial charge in [0.2, 0.25) is 5.91 Å². The average molecular weight is 301 g/mol. The van der Waals surface area contributed by atoms with E-state index in [9.17, 15) is 4.79 Å². The second kappa shape index (κ2) is 7.97. The van der Waals surface area contributed by atoms with Crippen molar-refractivity contribution in [2.45, 2.75) is 58.9 Å². The lowest BCUT2D eigenvalue weighted by Crippen LogP contribution is -2.32. The number of H-pyrrole nitrogens is 1. The Morgan fingerprint density at radius 2 is 2.00 bits per heavy atom. The number of carbonyl (C=O) groups excluding carboxylic acids is 1. The standard InChI is InChI=1S/C18H27N3O/c1-13(2)7-6-8-14(3)19-18(22)12-11-17-20-15-9-4-5-10-16(15)21-17/h4-5,9-10,13-14H,6-8,11-12H2,1-3H3,(H,19,22)(H,20,21)/t14-/m1/s1. The van der Waals surface area contributed by atoms with Crippen LogP contribution in [0, 0.1) is 5.92 Å². The fourth-order valence-corrected chi connectivity index (χ4v) is 2.61. The Morgan fingerprint density at radius 3 is 2.73 bits per heavy atom. The molecule has 1 heterocycles. The molecular formula is C18H27N3O. The van der Waals surface area contributed by atoms with Crippen LogP contribution in [0.3, 0.4) is 0 Å². The van der Waals surface area contributed by atoms with Gasteiger partial charge in [0.15, 0.2) is 0 Å². The zero-order chi connectivity index (χ0) is 15.9. The predicted molar refractivity (Wildman–Crippen MR) is 90.7 cm³/mol. The summed E-state index contributed by atoms with van der Waals surface area (Å²) >= 11 is 0. The molecule has 2 aromatic rings. The molecule has 0 radical (unpaired) electrons. The predicted octanol–water partition coefficient (Wildman–Crippen LogP) is 3.83. The fourth-order valence-electron chi connectivity index (χ4n) is 2.61. The molecule has 4 nitrogen and oxygen atoms in total. The molecule has 0 bridgehead atoms. The van der Waals surface area contributed by atoms with Gasteiger partial charge in [-0.3, -0.25) is 4.79 Å². The van der Waals surface area contributed by atoms with Crippen molar-refractivity contribution in [2.75, 3.05) is 0 Å². The van der Waals surface area contributed by atoms with Crippen LogP contribution >= 0.6 is 0 Å². The number of imidazole rings is 1. The van der Waals surface area contributed by atoms with E-state index in [0.29, 0.717) is 12.8 Å². The molecule has 0 aliphatic heterocycles. The van der Waals surface area contributed by atoms with Crippen molar-refractivity contribution < 1.29 is 4.79 Å². The second-order valence-electron chi connectivity index (χ2n) is 6.49. The summed E-state index contributed by atoms with van der Waals surface area (Å²) in [6.45, 7) is 6.55. The smallest absolute Gasteiger partial charge is 0.220 e. The van der Waals surface area contributed by atoms with Gasteiger partial charge in [0.05, 0.1) is 11.0 Å². The maximum absolute atomic E-state index is 12.0. The van der Waals surface area contributed by atoms with Crippen LogP contribution in [-0.4, -0.2) is 21.9 Å². The molecular weight excluding hydrogens is 274 g/mol. The number of para-hydroxylation sites is 2. The summed E-state index contributed by atoms with van der Waals surface area (Å²) in [5.74, 6) is 1.72. The average Bonchev–Trinajstić information content (AvgIpc) is 2.87. The summed E-state index contributed by atoms with van der Waals surface area (Å²) in [5, 5.41) is 3.08. The topological polar surface area (TPSA) is 57.8 Å². The van der Waals surface area contributed by atoms with Crippen molar-refractivity contribution in [3.63, 3.8) is 0 Å². The Hall–Kier alpha value is -1.84. The first-order valence-corrected chi connectivity index (χ1v) is 8.27. The molecule has 1 aromatic carbocycles. The highest BCUT2D eigenvalue weighted by Gasteiger charge is 2.09. The first-order valence-electron chi connectivity index (χ1n) is 8.27. The van der Waals surface area contributed by atoms with Crippen LogP contribution in [0.25, 0.3) is 11.0 Å². The zero-order valence-electron chi connectivity index (χ0n) is 13.9. The van der Waals surface area contributed by atoms with Crippen molar-refractivity contribution in [1.29, 1.82) is 0 Å². The van der Waals surface area contributed by atoms with Crippen LogP contribution in [0.4, 0.5) is 0 Å². The molecule has 1 atom stereocenters. The monoisotopic (exact) mass is 301 g/mol. The number of nitrogens with zero attached hydrogens (tertiary/aromatic N) is 1. The molecule has 0 spiro atoms. The van der Waals surface area contributed by atoms with Gasteiger partial charge >= 0.3 is 0 Å². The van der Waals surface area contributed by atoms with E-state index in [4.69, 9.17) is 0 Å². The molecule has 2 rings (SSSR count). The van der Waals surface area contributed by atoms with Gasteiger partial charge in [0, 0.05) is 18.9 Å². The van der Waals surface area contributed by atoms with E-state index in [0.717, 1.165) is 29.2 Å². The Bertz CT molecular complexity index is 570. The molecule has 0 unspecified atom stereocenters. The van der Waals surface area contributed by atoms with E-state index in [1.807, 2.05) is 24.3 Å². The highest BCUT2D eigenvalue weighted by Crippen LogP contribution is 2.12. The third-order valence-electron chi connectivity index (χ3n) is 3.85. The maximum Gasteiger partial charge on any atom is 0.220 e. The van der Waals surface area contributed by atoms with Gasteiger partial charge in [-0.25, -0.2) is 4.98 Å². The SMILES string of the molecule is CC(C)CCC[C@@H](C)NC(=O)CCc1nc2ccccc2[nH]1. The highest BCUT2D eigenvalue weighted by molar-refractivity contribution is 5.77. The molecule has 0 saturated carbocycles. The summed E-state index contributed by atoms with van der Waals surface area (Å²) in [6, 6.07) is 8.19. The number of hydrogen-bond donors (Lipinski definition) is 2. The molecule has 0 aliphatic rings. The molecule has 22 heavy (non-hydrogen) atoms. The van der Waals surface area contributed by atoms with Crippen LogP contribution < -0.4 is 5.32 Å². The van der Waals surface area contributed by atoms with Gasteiger partial charge in [-0.05, 0) is 31.4 Å².